The number of rotatable bonds is 32. The summed E-state index contributed by atoms with van der Waals surface area (Å²) >= 11 is 0. The van der Waals surface area contributed by atoms with Gasteiger partial charge < -0.3 is 50.9 Å². The van der Waals surface area contributed by atoms with Crippen molar-refractivity contribution in [2.24, 2.45) is 0 Å². The maximum Gasteiger partial charge on any atom is 0.314 e. The second kappa shape index (κ2) is 26.6. The fourth-order valence-electron chi connectivity index (χ4n) is 3.70. The lowest BCUT2D eigenvalue weighted by molar-refractivity contribution is -0.0242. The number of hydrogen-bond acceptors (Lipinski definition) is 11. The molecule has 0 rings (SSSR count). The van der Waals surface area contributed by atoms with Gasteiger partial charge in [0.25, 0.3) is 0 Å². The molecule has 0 radical (unpaired) electrons. The van der Waals surface area contributed by atoms with Gasteiger partial charge in [0.1, 0.15) is 0 Å². The fraction of sp³-hybridized carbons (Fsp3) is 1.00. The summed E-state index contributed by atoms with van der Waals surface area (Å²) in [5.74, 6) is 0. The predicted octanol–water partition coefficient (Wildman–Crippen LogP) is 3.93. The van der Waals surface area contributed by atoms with Gasteiger partial charge in [-0.25, -0.2) is 0 Å². The molecule has 0 atom stereocenters. The lowest BCUT2D eigenvalue weighted by atomic mass is 10.5. The molecule has 0 fully saturated rings. The standard InChI is InChI=1S/C27H62O11Si3/c1-28-11-12-30-15-16-32-19-20-34-23-24-36-26-25-35-22-21-33-18-17-31-14-13-29-10-9-27-41(8,37-39(2,3)4)38-40(5,6)7/h9-27H2,1-8H3. The minimum Gasteiger partial charge on any atom is -0.437 e. The molecule has 0 aromatic heterocycles. The monoisotopic (exact) mass is 646 g/mol. The minimum atomic E-state index is -2.18. The smallest absolute Gasteiger partial charge is 0.314 e. The molecule has 0 saturated carbocycles. The number of hydrogen-bond donors (Lipinski definition) is 0. The molecular weight excluding hydrogens is 585 g/mol. The van der Waals surface area contributed by atoms with Gasteiger partial charge in [0.15, 0.2) is 16.6 Å². The van der Waals surface area contributed by atoms with Crippen molar-refractivity contribution in [3.8, 4) is 0 Å². The Labute approximate surface area is 253 Å². The van der Waals surface area contributed by atoms with Gasteiger partial charge in [-0.05, 0) is 58.3 Å². The van der Waals surface area contributed by atoms with Gasteiger partial charge in [-0.3, -0.25) is 0 Å². The van der Waals surface area contributed by atoms with E-state index in [1.54, 1.807) is 7.11 Å². The Balaban J connectivity index is 3.38. The van der Waals surface area contributed by atoms with Crippen LogP contribution in [0.2, 0.25) is 51.9 Å². The Morgan fingerprint density at radius 2 is 0.585 bits per heavy atom. The summed E-state index contributed by atoms with van der Waals surface area (Å²) in [7, 11) is -3.84. The molecule has 14 heteroatoms. The minimum absolute atomic E-state index is 0.527. The van der Waals surface area contributed by atoms with Crippen molar-refractivity contribution >= 4 is 25.2 Å². The van der Waals surface area contributed by atoms with Crippen molar-refractivity contribution < 1.29 is 50.9 Å². The molecule has 0 heterocycles. The predicted molar refractivity (Wildman–Crippen MR) is 168 cm³/mol. The van der Waals surface area contributed by atoms with E-state index in [0.29, 0.717) is 112 Å². The van der Waals surface area contributed by atoms with E-state index in [4.69, 9.17) is 50.9 Å². The Bertz CT molecular complexity index is 548. The first kappa shape index (κ1) is 41.2. The normalized spacial score (nSPS) is 12.9. The molecule has 0 aliphatic rings. The molecule has 41 heavy (non-hydrogen) atoms. The second-order valence-corrected chi connectivity index (χ2v) is 24.4. The zero-order valence-corrected chi connectivity index (χ0v) is 30.4. The topological polar surface area (TPSA) is 102 Å². The van der Waals surface area contributed by atoms with Crippen LogP contribution in [0.25, 0.3) is 0 Å². The van der Waals surface area contributed by atoms with Crippen LogP contribution in [-0.4, -0.2) is 145 Å². The van der Waals surface area contributed by atoms with Crippen molar-refractivity contribution in [1.82, 2.24) is 0 Å². The van der Waals surface area contributed by atoms with Crippen molar-refractivity contribution in [3.05, 3.63) is 0 Å². The SMILES string of the molecule is COCCOCCOCCOCCOCCOCCOCCOCCOCCC[Si](C)(O[Si](C)(C)C)O[Si](C)(C)C. The highest BCUT2D eigenvalue weighted by Crippen LogP contribution is 2.25. The summed E-state index contributed by atoms with van der Waals surface area (Å²) in [6.07, 6.45) is 0.947. The van der Waals surface area contributed by atoms with E-state index in [0.717, 1.165) is 12.5 Å². The van der Waals surface area contributed by atoms with Crippen molar-refractivity contribution in [3.63, 3.8) is 0 Å². The summed E-state index contributed by atoms with van der Waals surface area (Å²) in [6.45, 7) is 25.1. The van der Waals surface area contributed by atoms with E-state index in [1.807, 2.05) is 0 Å². The van der Waals surface area contributed by atoms with E-state index in [2.05, 4.69) is 45.8 Å². The van der Waals surface area contributed by atoms with E-state index in [1.165, 1.54) is 0 Å². The van der Waals surface area contributed by atoms with Crippen molar-refractivity contribution in [2.75, 3.05) is 119 Å². The zero-order chi connectivity index (χ0) is 30.7. The van der Waals surface area contributed by atoms with Gasteiger partial charge in [0, 0.05) is 13.7 Å². The molecule has 0 aliphatic heterocycles. The molecule has 0 bridgehead atoms. The van der Waals surface area contributed by atoms with Crippen LogP contribution >= 0.6 is 0 Å². The Hall–Kier alpha value is 0.211. The summed E-state index contributed by atoms with van der Waals surface area (Å²) in [5, 5.41) is 0. The molecule has 0 aromatic carbocycles. The molecule has 0 spiro atoms. The van der Waals surface area contributed by atoms with Crippen LogP contribution in [0.3, 0.4) is 0 Å². The van der Waals surface area contributed by atoms with E-state index < -0.39 is 25.2 Å². The highest BCUT2D eigenvalue weighted by molar-refractivity contribution is 6.87. The summed E-state index contributed by atoms with van der Waals surface area (Å²) in [5.41, 5.74) is 0. The molecule has 0 unspecified atom stereocenters. The van der Waals surface area contributed by atoms with Crippen LogP contribution in [0, 0.1) is 0 Å². The summed E-state index contributed by atoms with van der Waals surface area (Å²) < 4.78 is 61.9. The van der Waals surface area contributed by atoms with Crippen LogP contribution in [0.1, 0.15) is 6.42 Å². The van der Waals surface area contributed by atoms with Gasteiger partial charge in [-0.1, -0.05) is 0 Å². The quantitative estimate of drug-likeness (QED) is 0.0785. The van der Waals surface area contributed by atoms with E-state index in [-0.39, 0.29) is 0 Å². The summed E-state index contributed by atoms with van der Waals surface area (Å²) in [6, 6.07) is 0.961. The van der Waals surface area contributed by atoms with Gasteiger partial charge in [0.05, 0.1) is 106 Å². The Morgan fingerprint density at radius 3 is 0.829 bits per heavy atom. The number of ether oxygens (including phenoxy) is 9. The van der Waals surface area contributed by atoms with E-state index in [9.17, 15) is 0 Å². The molecular formula is C27H62O11Si3. The average molecular weight is 647 g/mol. The first-order valence-electron chi connectivity index (χ1n) is 15.0. The van der Waals surface area contributed by atoms with Gasteiger partial charge >= 0.3 is 8.56 Å². The second-order valence-electron chi connectivity index (χ2n) is 11.6. The van der Waals surface area contributed by atoms with Gasteiger partial charge in [-0.2, -0.15) is 0 Å². The zero-order valence-electron chi connectivity index (χ0n) is 27.4. The highest BCUT2D eigenvalue weighted by atomic mass is 28.5. The highest BCUT2D eigenvalue weighted by Gasteiger charge is 2.39. The Morgan fingerprint density at radius 1 is 0.341 bits per heavy atom. The third-order valence-electron chi connectivity index (χ3n) is 5.00. The maximum atomic E-state index is 6.53. The van der Waals surface area contributed by atoms with Crippen LogP contribution in [-0.2, 0) is 50.9 Å². The van der Waals surface area contributed by atoms with Crippen LogP contribution in [0.5, 0.6) is 0 Å². The Kier molecular flexibility index (Phi) is 26.7. The van der Waals surface area contributed by atoms with Crippen molar-refractivity contribution in [2.45, 2.75) is 58.3 Å². The first-order valence-corrected chi connectivity index (χ1v) is 24.3. The third-order valence-corrected chi connectivity index (χ3v) is 14.6. The molecule has 0 aliphatic carbocycles. The summed E-state index contributed by atoms with van der Waals surface area (Å²) in [4.78, 5) is 0. The lowest BCUT2D eigenvalue weighted by Crippen LogP contribution is -2.52. The molecule has 248 valence electrons. The van der Waals surface area contributed by atoms with Crippen LogP contribution < -0.4 is 0 Å². The van der Waals surface area contributed by atoms with E-state index >= 15 is 0 Å². The maximum absolute atomic E-state index is 6.53. The average Bonchev–Trinajstić information content (AvgIpc) is 2.86. The van der Waals surface area contributed by atoms with Gasteiger partial charge in [-0.15, -0.1) is 0 Å². The lowest BCUT2D eigenvalue weighted by Gasteiger charge is -2.38. The number of methoxy groups -OCH3 is 1. The molecule has 0 amide bonds. The third kappa shape index (κ3) is 33.0. The molecule has 0 saturated heterocycles. The first-order chi connectivity index (χ1) is 19.5. The molecule has 0 aromatic rings. The van der Waals surface area contributed by atoms with Gasteiger partial charge in [0.2, 0.25) is 0 Å². The van der Waals surface area contributed by atoms with Crippen LogP contribution in [0.15, 0.2) is 0 Å². The molecule has 0 N–H and O–H groups in total. The van der Waals surface area contributed by atoms with Crippen molar-refractivity contribution in [1.29, 1.82) is 0 Å². The molecule has 11 nitrogen and oxygen atoms in total. The largest absolute Gasteiger partial charge is 0.437 e. The fourth-order valence-corrected chi connectivity index (χ4v) is 16.2. The van der Waals surface area contributed by atoms with Crippen LogP contribution in [0.4, 0.5) is 0 Å².